The van der Waals surface area contributed by atoms with Gasteiger partial charge in [0, 0.05) is 38.7 Å². The second kappa shape index (κ2) is 8.89. The summed E-state index contributed by atoms with van der Waals surface area (Å²) in [6.45, 7) is 9.39. The summed E-state index contributed by atoms with van der Waals surface area (Å²) in [5, 5.41) is 12.2. The van der Waals surface area contributed by atoms with E-state index in [-0.39, 0.29) is 18.6 Å². The molecule has 2 N–H and O–H groups in total. The molecule has 1 saturated heterocycles. The van der Waals surface area contributed by atoms with Crippen LogP contribution in [-0.4, -0.2) is 53.7 Å². The van der Waals surface area contributed by atoms with Gasteiger partial charge in [0.05, 0.1) is 0 Å². The van der Waals surface area contributed by atoms with Crippen LogP contribution in [-0.2, 0) is 13.1 Å². The number of carbonyl (C=O) groups excluding carboxylic acids is 1. The molecule has 23 heavy (non-hydrogen) atoms. The Morgan fingerprint density at radius 2 is 2.00 bits per heavy atom. The SMILES string of the molecule is CCN(CC)Cc1ccccc1CNC(=O)N1CCC(CO)C1. The Morgan fingerprint density at radius 3 is 2.61 bits per heavy atom. The van der Waals surface area contributed by atoms with Crippen LogP contribution in [0.4, 0.5) is 4.79 Å². The van der Waals surface area contributed by atoms with Crippen LogP contribution < -0.4 is 5.32 Å². The van der Waals surface area contributed by atoms with Crippen molar-refractivity contribution < 1.29 is 9.90 Å². The van der Waals surface area contributed by atoms with Gasteiger partial charge < -0.3 is 15.3 Å². The summed E-state index contributed by atoms with van der Waals surface area (Å²) in [4.78, 5) is 16.4. The van der Waals surface area contributed by atoms with E-state index in [0.717, 1.165) is 32.6 Å². The molecule has 1 heterocycles. The zero-order valence-electron chi connectivity index (χ0n) is 14.3. The van der Waals surface area contributed by atoms with E-state index < -0.39 is 0 Å². The van der Waals surface area contributed by atoms with Crippen LogP contribution in [0.1, 0.15) is 31.4 Å². The quantitative estimate of drug-likeness (QED) is 0.809. The highest BCUT2D eigenvalue weighted by Gasteiger charge is 2.25. The van der Waals surface area contributed by atoms with E-state index in [9.17, 15) is 9.90 Å². The maximum absolute atomic E-state index is 12.2. The zero-order valence-corrected chi connectivity index (χ0v) is 14.3. The lowest BCUT2D eigenvalue weighted by Gasteiger charge is -2.21. The number of hydrogen-bond donors (Lipinski definition) is 2. The summed E-state index contributed by atoms with van der Waals surface area (Å²) < 4.78 is 0. The molecule has 0 saturated carbocycles. The second-order valence-corrected chi connectivity index (χ2v) is 6.17. The van der Waals surface area contributed by atoms with Gasteiger partial charge in [0.2, 0.25) is 0 Å². The van der Waals surface area contributed by atoms with Gasteiger partial charge in [-0.2, -0.15) is 0 Å². The van der Waals surface area contributed by atoms with Crippen molar-refractivity contribution in [3.8, 4) is 0 Å². The summed E-state index contributed by atoms with van der Waals surface area (Å²) in [6, 6.07) is 8.26. The lowest BCUT2D eigenvalue weighted by atomic mass is 10.1. The van der Waals surface area contributed by atoms with Crippen LogP contribution in [0.15, 0.2) is 24.3 Å². The lowest BCUT2D eigenvalue weighted by molar-refractivity contribution is 0.198. The van der Waals surface area contributed by atoms with Gasteiger partial charge in [0.15, 0.2) is 0 Å². The molecule has 1 aromatic carbocycles. The molecule has 2 amide bonds. The Kier molecular flexibility index (Phi) is 6.86. The molecule has 2 rings (SSSR count). The van der Waals surface area contributed by atoms with Crippen LogP contribution in [0.2, 0.25) is 0 Å². The number of likely N-dealkylation sites (tertiary alicyclic amines) is 1. The Bertz CT molecular complexity index is 503. The maximum atomic E-state index is 12.2. The van der Waals surface area contributed by atoms with Crippen molar-refractivity contribution >= 4 is 6.03 Å². The second-order valence-electron chi connectivity index (χ2n) is 6.17. The summed E-state index contributed by atoms with van der Waals surface area (Å²) in [5.41, 5.74) is 2.44. The van der Waals surface area contributed by atoms with Crippen molar-refractivity contribution in [3.05, 3.63) is 35.4 Å². The van der Waals surface area contributed by atoms with E-state index in [4.69, 9.17) is 0 Å². The van der Waals surface area contributed by atoms with Gasteiger partial charge >= 0.3 is 6.03 Å². The average Bonchev–Trinajstić information content (AvgIpc) is 3.07. The molecule has 0 spiro atoms. The number of hydrogen-bond acceptors (Lipinski definition) is 3. The highest BCUT2D eigenvalue weighted by Crippen LogP contribution is 2.16. The van der Waals surface area contributed by atoms with Gasteiger partial charge in [0.25, 0.3) is 0 Å². The number of aliphatic hydroxyl groups excluding tert-OH is 1. The molecule has 1 aliphatic heterocycles. The number of carbonyl (C=O) groups is 1. The molecule has 0 aliphatic carbocycles. The first-order valence-electron chi connectivity index (χ1n) is 8.60. The number of amides is 2. The topological polar surface area (TPSA) is 55.8 Å². The third kappa shape index (κ3) is 4.94. The van der Waals surface area contributed by atoms with Gasteiger partial charge in [-0.3, -0.25) is 4.90 Å². The smallest absolute Gasteiger partial charge is 0.317 e. The Morgan fingerprint density at radius 1 is 1.30 bits per heavy atom. The van der Waals surface area contributed by atoms with E-state index in [2.05, 4.69) is 42.3 Å². The van der Waals surface area contributed by atoms with E-state index in [1.807, 2.05) is 6.07 Å². The minimum Gasteiger partial charge on any atom is -0.396 e. The molecular weight excluding hydrogens is 290 g/mol. The number of aliphatic hydroxyl groups is 1. The molecule has 1 aliphatic rings. The lowest BCUT2D eigenvalue weighted by Crippen LogP contribution is -2.38. The largest absolute Gasteiger partial charge is 0.396 e. The first-order valence-corrected chi connectivity index (χ1v) is 8.60. The van der Waals surface area contributed by atoms with E-state index in [1.54, 1.807) is 4.90 Å². The van der Waals surface area contributed by atoms with Crippen LogP contribution in [0, 0.1) is 5.92 Å². The maximum Gasteiger partial charge on any atom is 0.317 e. The van der Waals surface area contributed by atoms with Crippen molar-refractivity contribution in [2.75, 3.05) is 32.8 Å². The molecule has 1 atom stereocenters. The molecule has 5 heteroatoms. The van der Waals surface area contributed by atoms with Crippen molar-refractivity contribution in [1.82, 2.24) is 15.1 Å². The van der Waals surface area contributed by atoms with Gasteiger partial charge in [-0.15, -0.1) is 0 Å². The van der Waals surface area contributed by atoms with Gasteiger partial charge in [-0.05, 0) is 30.6 Å². The van der Waals surface area contributed by atoms with Crippen molar-refractivity contribution in [1.29, 1.82) is 0 Å². The Hall–Kier alpha value is -1.59. The molecule has 1 unspecified atom stereocenters. The Balaban J connectivity index is 1.91. The van der Waals surface area contributed by atoms with E-state index >= 15 is 0 Å². The molecule has 1 aromatic rings. The van der Waals surface area contributed by atoms with Crippen molar-refractivity contribution in [2.24, 2.45) is 5.92 Å². The highest BCUT2D eigenvalue weighted by molar-refractivity contribution is 5.74. The van der Waals surface area contributed by atoms with Crippen molar-refractivity contribution in [2.45, 2.75) is 33.4 Å². The molecule has 0 radical (unpaired) electrons. The van der Waals surface area contributed by atoms with Crippen LogP contribution in [0.3, 0.4) is 0 Å². The monoisotopic (exact) mass is 319 g/mol. The highest BCUT2D eigenvalue weighted by atomic mass is 16.3. The fourth-order valence-electron chi connectivity index (χ4n) is 3.02. The zero-order chi connectivity index (χ0) is 16.7. The number of urea groups is 1. The first-order chi connectivity index (χ1) is 11.2. The third-order valence-corrected chi connectivity index (χ3v) is 4.67. The minimum atomic E-state index is -0.0291. The fourth-order valence-corrected chi connectivity index (χ4v) is 3.02. The number of nitrogens with zero attached hydrogens (tertiary/aromatic N) is 2. The first kappa shape index (κ1) is 17.8. The molecule has 5 nitrogen and oxygen atoms in total. The van der Waals surface area contributed by atoms with Crippen LogP contribution in [0.5, 0.6) is 0 Å². The molecule has 1 fully saturated rings. The van der Waals surface area contributed by atoms with Gasteiger partial charge in [-0.25, -0.2) is 4.79 Å². The molecule has 0 bridgehead atoms. The standard InChI is InChI=1S/C18H29N3O2/c1-3-20(4-2)13-17-8-6-5-7-16(17)11-19-18(23)21-10-9-15(12-21)14-22/h5-8,15,22H,3-4,9-14H2,1-2H3,(H,19,23). The van der Waals surface area contributed by atoms with Crippen molar-refractivity contribution in [3.63, 3.8) is 0 Å². The van der Waals surface area contributed by atoms with Gasteiger partial charge in [-0.1, -0.05) is 38.1 Å². The van der Waals surface area contributed by atoms with E-state index in [1.165, 1.54) is 11.1 Å². The Labute approximate surface area is 139 Å². The molecule has 0 aromatic heterocycles. The predicted molar refractivity (Wildman–Crippen MR) is 92.1 cm³/mol. The summed E-state index contributed by atoms with van der Waals surface area (Å²) in [7, 11) is 0. The van der Waals surface area contributed by atoms with Crippen LogP contribution >= 0.6 is 0 Å². The number of nitrogens with one attached hydrogen (secondary N) is 1. The van der Waals surface area contributed by atoms with Crippen LogP contribution in [0.25, 0.3) is 0 Å². The number of benzene rings is 1. The normalized spacial score (nSPS) is 17.7. The van der Waals surface area contributed by atoms with Gasteiger partial charge in [0.1, 0.15) is 0 Å². The summed E-state index contributed by atoms with van der Waals surface area (Å²) >= 11 is 0. The fraction of sp³-hybridized carbons (Fsp3) is 0.611. The molecule has 128 valence electrons. The van der Waals surface area contributed by atoms with E-state index in [0.29, 0.717) is 13.1 Å². The number of rotatable bonds is 7. The third-order valence-electron chi connectivity index (χ3n) is 4.67. The molecular formula is C18H29N3O2. The predicted octanol–water partition coefficient (Wildman–Crippen LogP) is 2.05. The minimum absolute atomic E-state index is 0.0291. The summed E-state index contributed by atoms with van der Waals surface area (Å²) in [5.74, 6) is 0.232. The average molecular weight is 319 g/mol. The summed E-state index contributed by atoms with van der Waals surface area (Å²) in [6.07, 6.45) is 0.891.